The summed E-state index contributed by atoms with van der Waals surface area (Å²) in [6.45, 7) is 3.46. The summed E-state index contributed by atoms with van der Waals surface area (Å²) in [6.07, 6.45) is 18.6. The van der Waals surface area contributed by atoms with Gasteiger partial charge < -0.3 is 5.73 Å². The molecule has 1 nitrogen and oxygen atoms in total. The van der Waals surface area contributed by atoms with Gasteiger partial charge in [-0.2, -0.15) is 0 Å². The van der Waals surface area contributed by atoms with Gasteiger partial charge in [0.15, 0.2) is 0 Å². The lowest BCUT2D eigenvalue weighted by Gasteiger charge is -2.56. The van der Waals surface area contributed by atoms with Gasteiger partial charge in [-0.25, -0.2) is 0 Å². The Labute approximate surface area is 123 Å². The van der Waals surface area contributed by atoms with Gasteiger partial charge >= 0.3 is 0 Å². The predicted molar refractivity (Wildman–Crippen MR) is 84.2 cm³/mol. The Kier molecular flexibility index (Phi) is 2.93. The first-order valence-electron chi connectivity index (χ1n) is 8.77. The normalized spacial score (nSPS) is 50.1. The Morgan fingerprint density at radius 2 is 2.15 bits per heavy atom. The second-order valence-corrected chi connectivity index (χ2v) is 8.06. The van der Waals surface area contributed by atoms with Crippen LogP contribution in [0.15, 0.2) is 23.8 Å². The van der Waals surface area contributed by atoms with E-state index in [9.17, 15) is 0 Å². The van der Waals surface area contributed by atoms with Gasteiger partial charge in [-0.15, -0.1) is 0 Å². The minimum absolute atomic E-state index is 0.379. The van der Waals surface area contributed by atoms with Crippen LogP contribution in [0.2, 0.25) is 0 Å². The average Bonchev–Trinajstić information content (AvgIpc) is 2.91. The fourth-order valence-corrected chi connectivity index (χ4v) is 6.42. The minimum atomic E-state index is 0.379. The van der Waals surface area contributed by atoms with Gasteiger partial charge in [0.05, 0.1) is 0 Å². The summed E-state index contributed by atoms with van der Waals surface area (Å²) in [7, 11) is 0. The van der Waals surface area contributed by atoms with Gasteiger partial charge in [0, 0.05) is 5.41 Å². The molecule has 2 fully saturated rings. The summed E-state index contributed by atoms with van der Waals surface area (Å²) >= 11 is 0. The van der Waals surface area contributed by atoms with Crippen LogP contribution in [0.25, 0.3) is 0 Å². The fourth-order valence-electron chi connectivity index (χ4n) is 6.42. The highest BCUT2D eigenvalue weighted by molar-refractivity contribution is 5.31. The molecule has 2 saturated carbocycles. The van der Waals surface area contributed by atoms with Crippen molar-refractivity contribution in [3.63, 3.8) is 0 Å². The summed E-state index contributed by atoms with van der Waals surface area (Å²) in [4.78, 5) is 0. The molecule has 0 radical (unpaired) electrons. The van der Waals surface area contributed by atoms with Crippen LogP contribution in [0, 0.1) is 28.6 Å². The number of fused-ring (bicyclic) bond motifs is 5. The van der Waals surface area contributed by atoms with E-state index in [4.69, 9.17) is 5.73 Å². The lowest BCUT2D eigenvalue weighted by Crippen LogP contribution is -2.50. The maximum Gasteiger partial charge on any atom is 0.00936 e. The van der Waals surface area contributed by atoms with Crippen LogP contribution < -0.4 is 5.73 Å². The van der Waals surface area contributed by atoms with E-state index in [-0.39, 0.29) is 0 Å². The molecule has 0 aromatic carbocycles. The topological polar surface area (TPSA) is 26.0 Å². The van der Waals surface area contributed by atoms with Crippen LogP contribution in [-0.2, 0) is 0 Å². The van der Waals surface area contributed by atoms with Gasteiger partial charge in [0.25, 0.3) is 0 Å². The summed E-state index contributed by atoms with van der Waals surface area (Å²) < 4.78 is 0. The van der Waals surface area contributed by atoms with Crippen molar-refractivity contribution in [2.75, 3.05) is 6.54 Å². The Hall–Kier alpha value is -0.560. The van der Waals surface area contributed by atoms with E-state index in [1.807, 2.05) is 0 Å². The number of hydrogen-bond acceptors (Lipinski definition) is 1. The third-order valence-corrected chi connectivity index (χ3v) is 7.51. The van der Waals surface area contributed by atoms with Crippen LogP contribution in [0.4, 0.5) is 0 Å². The van der Waals surface area contributed by atoms with Crippen molar-refractivity contribution in [3.05, 3.63) is 23.8 Å². The van der Waals surface area contributed by atoms with Crippen molar-refractivity contribution in [3.8, 4) is 0 Å². The maximum atomic E-state index is 6.24. The van der Waals surface area contributed by atoms with E-state index in [1.54, 1.807) is 5.57 Å². The summed E-state index contributed by atoms with van der Waals surface area (Å²) in [5.41, 5.74) is 8.88. The molecule has 20 heavy (non-hydrogen) atoms. The van der Waals surface area contributed by atoms with Gasteiger partial charge in [0.1, 0.15) is 0 Å². The molecule has 0 heterocycles. The fraction of sp³-hybridized carbons (Fsp3) is 0.789. The molecule has 0 unspecified atom stereocenters. The van der Waals surface area contributed by atoms with E-state index in [2.05, 4.69) is 25.2 Å². The number of nitrogens with two attached hydrogens (primary N) is 1. The van der Waals surface area contributed by atoms with Crippen molar-refractivity contribution in [2.24, 2.45) is 34.3 Å². The van der Waals surface area contributed by atoms with Crippen LogP contribution in [0.5, 0.6) is 0 Å². The van der Waals surface area contributed by atoms with Crippen LogP contribution >= 0.6 is 0 Å². The molecular formula is C19H29N. The highest BCUT2D eigenvalue weighted by atomic mass is 14.7. The molecule has 5 atom stereocenters. The maximum absolute atomic E-state index is 6.24. The van der Waals surface area contributed by atoms with Crippen molar-refractivity contribution in [2.45, 2.75) is 58.3 Å². The first kappa shape index (κ1) is 13.1. The molecule has 4 aliphatic carbocycles. The van der Waals surface area contributed by atoms with Crippen LogP contribution in [0.1, 0.15) is 58.3 Å². The SMILES string of the molecule is C[C@]12C=CCCC1=CC[C@H]1[C@@H]3CCC[C@@]3(CN)CC[C@@H]12. The molecule has 0 aromatic heterocycles. The molecule has 2 N–H and O–H groups in total. The zero-order valence-electron chi connectivity index (χ0n) is 12.9. The molecule has 0 spiro atoms. The molecule has 4 aliphatic rings. The lowest BCUT2D eigenvalue weighted by atomic mass is 9.49. The molecule has 1 heteroatoms. The van der Waals surface area contributed by atoms with E-state index in [0.29, 0.717) is 10.8 Å². The summed E-state index contributed by atoms with van der Waals surface area (Å²) in [5.74, 6) is 2.71. The van der Waals surface area contributed by atoms with Gasteiger partial charge in [-0.05, 0) is 74.7 Å². The van der Waals surface area contributed by atoms with Gasteiger partial charge in [0.2, 0.25) is 0 Å². The summed E-state index contributed by atoms with van der Waals surface area (Å²) in [6, 6.07) is 0. The molecule has 110 valence electrons. The van der Waals surface area contributed by atoms with Gasteiger partial charge in [-0.1, -0.05) is 37.1 Å². The number of allylic oxidation sites excluding steroid dienone is 4. The second kappa shape index (κ2) is 4.47. The lowest BCUT2D eigenvalue weighted by molar-refractivity contribution is -0.00784. The minimum Gasteiger partial charge on any atom is -0.330 e. The molecule has 0 aromatic rings. The van der Waals surface area contributed by atoms with Crippen molar-refractivity contribution in [1.29, 1.82) is 0 Å². The third kappa shape index (κ3) is 1.59. The number of hydrogen-bond donors (Lipinski definition) is 1. The highest BCUT2D eigenvalue weighted by Gasteiger charge is 2.55. The number of rotatable bonds is 1. The molecular weight excluding hydrogens is 242 g/mol. The largest absolute Gasteiger partial charge is 0.330 e. The average molecular weight is 271 g/mol. The van der Waals surface area contributed by atoms with E-state index in [1.165, 1.54) is 51.4 Å². The third-order valence-electron chi connectivity index (χ3n) is 7.51. The van der Waals surface area contributed by atoms with E-state index >= 15 is 0 Å². The quantitative estimate of drug-likeness (QED) is 0.701. The smallest absolute Gasteiger partial charge is 0.00936 e. The zero-order chi connectivity index (χ0) is 13.8. The Balaban J connectivity index is 1.72. The van der Waals surface area contributed by atoms with Crippen molar-refractivity contribution < 1.29 is 0 Å². The first-order chi connectivity index (χ1) is 9.70. The first-order valence-corrected chi connectivity index (χ1v) is 8.77. The second-order valence-electron chi connectivity index (χ2n) is 8.06. The standard InChI is InChI=1S/C19H29N/c1-18-10-3-2-5-14(18)7-8-15-16(18)9-12-19(13-20)11-4-6-17(15)19/h3,7,10,15-17H,2,4-6,8-9,11-13,20H2,1H3/t15-,16+,17+,18+,19+/m1/s1. The Morgan fingerprint density at radius 3 is 3.00 bits per heavy atom. The highest BCUT2D eigenvalue weighted by Crippen LogP contribution is 2.63. The zero-order valence-corrected chi connectivity index (χ0v) is 12.9. The van der Waals surface area contributed by atoms with Crippen LogP contribution in [-0.4, -0.2) is 6.54 Å². The van der Waals surface area contributed by atoms with Crippen LogP contribution in [0.3, 0.4) is 0 Å². The Morgan fingerprint density at radius 1 is 1.25 bits per heavy atom. The summed E-state index contributed by atoms with van der Waals surface area (Å²) in [5, 5.41) is 0. The molecule has 0 amide bonds. The molecule has 4 rings (SSSR count). The molecule has 0 bridgehead atoms. The van der Waals surface area contributed by atoms with Crippen molar-refractivity contribution in [1.82, 2.24) is 0 Å². The monoisotopic (exact) mass is 271 g/mol. The predicted octanol–water partition coefficient (Wildman–Crippen LogP) is 4.44. The Bertz CT molecular complexity index is 462. The molecule has 0 saturated heterocycles. The molecule has 0 aliphatic heterocycles. The van der Waals surface area contributed by atoms with Crippen molar-refractivity contribution >= 4 is 0 Å². The van der Waals surface area contributed by atoms with E-state index < -0.39 is 0 Å². The van der Waals surface area contributed by atoms with E-state index in [0.717, 1.165) is 24.3 Å². The van der Waals surface area contributed by atoms with Gasteiger partial charge in [-0.3, -0.25) is 0 Å².